The van der Waals surface area contributed by atoms with Crippen LogP contribution >= 0.6 is 0 Å². The summed E-state index contributed by atoms with van der Waals surface area (Å²) in [4.78, 5) is 2.59. The van der Waals surface area contributed by atoms with E-state index in [1.165, 1.54) is 24.9 Å². The van der Waals surface area contributed by atoms with Gasteiger partial charge in [0.2, 0.25) is 0 Å². The molecule has 2 nitrogen and oxygen atoms in total. The lowest BCUT2D eigenvalue weighted by molar-refractivity contribution is 0.206. The summed E-state index contributed by atoms with van der Waals surface area (Å²) in [5.41, 5.74) is 7.71. The Labute approximate surface area is 91.1 Å². The molecule has 0 aromatic heterocycles. The fourth-order valence-electron chi connectivity index (χ4n) is 3.08. The van der Waals surface area contributed by atoms with Crippen molar-refractivity contribution in [3.8, 4) is 0 Å². The van der Waals surface area contributed by atoms with Crippen LogP contribution in [0.3, 0.4) is 0 Å². The minimum absolute atomic E-state index is 0.385. The maximum absolute atomic E-state index is 5.91. The van der Waals surface area contributed by atoms with E-state index in [0.717, 1.165) is 19.0 Å². The average molecular weight is 202 g/mol. The molecule has 1 heterocycles. The van der Waals surface area contributed by atoms with Crippen molar-refractivity contribution in [1.29, 1.82) is 0 Å². The molecule has 0 radical (unpaired) electrons. The molecule has 0 bridgehead atoms. The topological polar surface area (TPSA) is 29.3 Å². The molecular weight excluding hydrogens is 184 g/mol. The van der Waals surface area contributed by atoms with E-state index in [0.29, 0.717) is 5.54 Å². The Hall–Kier alpha value is -0.860. The number of benzene rings is 1. The third-order valence-electron chi connectivity index (χ3n) is 4.15. The first-order valence-corrected chi connectivity index (χ1v) is 5.84. The number of nitrogens with zero attached hydrogens (tertiary/aromatic N) is 1. The van der Waals surface area contributed by atoms with Gasteiger partial charge in [-0.05, 0) is 30.9 Å². The van der Waals surface area contributed by atoms with E-state index >= 15 is 0 Å². The van der Waals surface area contributed by atoms with Gasteiger partial charge in [-0.2, -0.15) is 0 Å². The first kappa shape index (κ1) is 9.37. The predicted octanol–water partition coefficient (Wildman–Crippen LogP) is 1.61. The molecule has 0 amide bonds. The van der Waals surface area contributed by atoms with E-state index in [4.69, 9.17) is 5.73 Å². The molecule has 1 unspecified atom stereocenters. The first-order chi connectivity index (χ1) is 7.35. The number of likely N-dealkylation sites (tertiary alicyclic amines) is 1. The van der Waals surface area contributed by atoms with Crippen LogP contribution in [0.1, 0.15) is 18.4 Å². The van der Waals surface area contributed by atoms with Crippen molar-refractivity contribution in [2.45, 2.75) is 24.9 Å². The van der Waals surface area contributed by atoms with Crippen molar-refractivity contribution in [2.24, 2.45) is 11.7 Å². The highest BCUT2D eigenvalue weighted by Gasteiger charge is 2.60. The van der Waals surface area contributed by atoms with E-state index in [2.05, 4.69) is 35.2 Å². The third kappa shape index (κ3) is 1.40. The fraction of sp³-hybridized carbons (Fsp3) is 0.538. The van der Waals surface area contributed by atoms with Gasteiger partial charge in [-0.15, -0.1) is 0 Å². The SMILES string of the molecule is NC[C@]12CC1CCN2Cc1ccccc1. The highest BCUT2D eigenvalue weighted by molar-refractivity contribution is 5.20. The quantitative estimate of drug-likeness (QED) is 0.807. The Morgan fingerprint density at radius 2 is 2.13 bits per heavy atom. The van der Waals surface area contributed by atoms with Gasteiger partial charge in [-0.1, -0.05) is 30.3 Å². The van der Waals surface area contributed by atoms with Gasteiger partial charge >= 0.3 is 0 Å². The van der Waals surface area contributed by atoms with Crippen LogP contribution in [0, 0.1) is 5.92 Å². The summed E-state index contributed by atoms with van der Waals surface area (Å²) in [6, 6.07) is 10.7. The molecule has 1 saturated carbocycles. The van der Waals surface area contributed by atoms with Crippen molar-refractivity contribution in [3.05, 3.63) is 35.9 Å². The van der Waals surface area contributed by atoms with Crippen LogP contribution in [-0.4, -0.2) is 23.5 Å². The first-order valence-electron chi connectivity index (χ1n) is 5.84. The standard InChI is InChI=1S/C13H18N2/c14-10-13-8-12(13)6-7-15(13)9-11-4-2-1-3-5-11/h1-5,12H,6-10,14H2/t12?,13-/m1/s1. The second-order valence-electron chi connectivity index (χ2n) is 4.90. The van der Waals surface area contributed by atoms with Gasteiger partial charge in [0.15, 0.2) is 0 Å². The molecule has 2 fully saturated rings. The van der Waals surface area contributed by atoms with Crippen molar-refractivity contribution in [1.82, 2.24) is 4.90 Å². The molecule has 3 rings (SSSR count). The van der Waals surface area contributed by atoms with E-state index in [1.54, 1.807) is 0 Å². The lowest BCUT2D eigenvalue weighted by Crippen LogP contribution is -2.40. The van der Waals surface area contributed by atoms with E-state index < -0.39 is 0 Å². The lowest BCUT2D eigenvalue weighted by atomic mass is 10.1. The van der Waals surface area contributed by atoms with Crippen molar-refractivity contribution >= 4 is 0 Å². The molecule has 80 valence electrons. The van der Waals surface area contributed by atoms with Crippen molar-refractivity contribution in [3.63, 3.8) is 0 Å². The van der Waals surface area contributed by atoms with E-state index in [-0.39, 0.29) is 0 Å². The highest BCUT2D eigenvalue weighted by Crippen LogP contribution is 2.55. The molecule has 2 atom stereocenters. The number of hydrogen-bond acceptors (Lipinski definition) is 2. The smallest absolute Gasteiger partial charge is 0.0367 e. The second-order valence-corrected chi connectivity index (χ2v) is 4.90. The van der Waals surface area contributed by atoms with Gasteiger partial charge in [0.25, 0.3) is 0 Å². The fourth-order valence-corrected chi connectivity index (χ4v) is 3.08. The molecular formula is C13H18N2. The van der Waals surface area contributed by atoms with Gasteiger partial charge in [0, 0.05) is 18.6 Å². The Kier molecular flexibility index (Phi) is 2.08. The molecule has 1 aliphatic heterocycles. The summed E-state index contributed by atoms with van der Waals surface area (Å²) in [7, 11) is 0. The van der Waals surface area contributed by atoms with Crippen molar-refractivity contribution < 1.29 is 0 Å². The zero-order valence-electron chi connectivity index (χ0n) is 9.02. The minimum atomic E-state index is 0.385. The summed E-state index contributed by atoms with van der Waals surface area (Å²) < 4.78 is 0. The van der Waals surface area contributed by atoms with Crippen LogP contribution in [-0.2, 0) is 6.54 Å². The van der Waals surface area contributed by atoms with Crippen LogP contribution in [0.2, 0.25) is 0 Å². The minimum Gasteiger partial charge on any atom is -0.329 e. The van der Waals surface area contributed by atoms with E-state index in [1.807, 2.05) is 0 Å². The Morgan fingerprint density at radius 1 is 1.33 bits per heavy atom. The number of fused-ring (bicyclic) bond motifs is 1. The van der Waals surface area contributed by atoms with E-state index in [9.17, 15) is 0 Å². The Bertz CT molecular complexity index is 345. The molecule has 1 aromatic carbocycles. The number of nitrogens with two attached hydrogens (primary N) is 1. The zero-order valence-corrected chi connectivity index (χ0v) is 9.02. The van der Waals surface area contributed by atoms with Gasteiger partial charge in [0.1, 0.15) is 0 Å². The molecule has 0 spiro atoms. The Balaban J connectivity index is 1.74. The summed E-state index contributed by atoms with van der Waals surface area (Å²) in [6.45, 7) is 3.15. The van der Waals surface area contributed by atoms with Crippen LogP contribution < -0.4 is 5.73 Å². The summed E-state index contributed by atoms with van der Waals surface area (Å²) in [6.07, 6.45) is 2.68. The summed E-state index contributed by atoms with van der Waals surface area (Å²) >= 11 is 0. The number of hydrogen-bond donors (Lipinski definition) is 1. The second kappa shape index (κ2) is 3.32. The molecule has 15 heavy (non-hydrogen) atoms. The lowest BCUT2D eigenvalue weighted by Gasteiger charge is -2.27. The van der Waals surface area contributed by atoms with Gasteiger partial charge in [-0.25, -0.2) is 0 Å². The normalized spacial score (nSPS) is 34.1. The molecule has 2 aliphatic rings. The monoisotopic (exact) mass is 202 g/mol. The molecule has 2 N–H and O–H groups in total. The number of piperidine rings is 1. The molecule has 1 aromatic rings. The van der Waals surface area contributed by atoms with Gasteiger partial charge in [-0.3, -0.25) is 4.90 Å². The summed E-state index contributed by atoms with van der Waals surface area (Å²) in [5.74, 6) is 0.895. The zero-order chi connectivity index (χ0) is 10.3. The van der Waals surface area contributed by atoms with Gasteiger partial charge in [0.05, 0.1) is 0 Å². The molecule has 1 saturated heterocycles. The third-order valence-corrected chi connectivity index (χ3v) is 4.15. The van der Waals surface area contributed by atoms with Crippen LogP contribution in [0.15, 0.2) is 30.3 Å². The van der Waals surface area contributed by atoms with Crippen LogP contribution in [0.5, 0.6) is 0 Å². The molecule has 2 heteroatoms. The average Bonchev–Trinajstić information content (AvgIpc) is 2.92. The largest absolute Gasteiger partial charge is 0.329 e. The number of rotatable bonds is 3. The van der Waals surface area contributed by atoms with Crippen LogP contribution in [0.25, 0.3) is 0 Å². The van der Waals surface area contributed by atoms with Crippen LogP contribution in [0.4, 0.5) is 0 Å². The van der Waals surface area contributed by atoms with Gasteiger partial charge < -0.3 is 5.73 Å². The van der Waals surface area contributed by atoms with Crippen molar-refractivity contribution in [2.75, 3.05) is 13.1 Å². The Morgan fingerprint density at radius 3 is 2.80 bits per heavy atom. The maximum atomic E-state index is 5.91. The molecule has 1 aliphatic carbocycles. The summed E-state index contributed by atoms with van der Waals surface area (Å²) in [5, 5.41) is 0. The predicted molar refractivity (Wildman–Crippen MR) is 61.4 cm³/mol. The maximum Gasteiger partial charge on any atom is 0.0367 e. The highest BCUT2D eigenvalue weighted by atomic mass is 15.3.